The molecule has 1 heterocycles. The van der Waals surface area contributed by atoms with E-state index in [1.165, 1.54) is 0 Å². The minimum absolute atomic E-state index is 0.0837. The molecule has 1 aliphatic rings. The molecule has 2 amide bonds. The SMILES string of the molecule is O=C(NCC1CCCO1)Nc1cc(F)c(F)cc1C(=O)O. The van der Waals surface area contributed by atoms with Crippen LogP contribution in [0.2, 0.25) is 0 Å². The first kappa shape index (κ1) is 15.2. The molecule has 0 saturated carbocycles. The van der Waals surface area contributed by atoms with Crippen LogP contribution in [0.1, 0.15) is 23.2 Å². The number of hydrogen-bond donors (Lipinski definition) is 3. The number of carboxylic acid groups (broad SMARTS) is 1. The third-order valence-electron chi connectivity index (χ3n) is 3.05. The molecule has 0 aliphatic carbocycles. The van der Waals surface area contributed by atoms with E-state index in [2.05, 4.69) is 10.6 Å². The van der Waals surface area contributed by atoms with E-state index in [0.717, 1.165) is 12.8 Å². The highest BCUT2D eigenvalue weighted by atomic mass is 19.2. The fourth-order valence-electron chi connectivity index (χ4n) is 2.01. The maximum atomic E-state index is 13.1. The summed E-state index contributed by atoms with van der Waals surface area (Å²) in [6.45, 7) is 0.901. The van der Waals surface area contributed by atoms with E-state index in [1.54, 1.807) is 0 Å². The van der Waals surface area contributed by atoms with Gasteiger partial charge in [-0.05, 0) is 18.9 Å². The van der Waals surface area contributed by atoms with E-state index in [9.17, 15) is 18.4 Å². The Kier molecular flexibility index (Phi) is 4.69. The second-order valence-corrected chi connectivity index (χ2v) is 4.59. The molecule has 8 heteroatoms. The zero-order valence-electron chi connectivity index (χ0n) is 11.0. The number of carbonyl (C=O) groups is 2. The van der Waals surface area contributed by atoms with Gasteiger partial charge in [-0.3, -0.25) is 0 Å². The first-order chi connectivity index (χ1) is 9.97. The van der Waals surface area contributed by atoms with Crippen molar-refractivity contribution in [3.05, 3.63) is 29.3 Å². The van der Waals surface area contributed by atoms with Gasteiger partial charge in [0, 0.05) is 19.2 Å². The Morgan fingerprint density at radius 3 is 2.67 bits per heavy atom. The molecule has 1 aliphatic heterocycles. The summed E-state index contributed by atoms with van der Waals surface area (Å²) in [6.07, 6.45) is 1.66. The average Bonchev–Trinajstić information content (AvgIpc) is 2.93. The lowest BCUT2D eigenvalue weighted by Crippen LogP contribution is -2.35. The molecule has 0 radical (unpaired) electrons. The summed E-state index contributed by atoms with van der Waals surface area (Å²) >= 11 is 0. The fraction of sp³-hybridized carbons (Fsp3) is 0.385. The number of urea groups is 1. The summed E-state index contributed by atoms with van der Waals surface area (Å²) in [5.41, 5.74) is -0.840. The van der Waals surface area contributed by atoms with Crippen LogP contribution >= 0.6 is 0 Å². The Morgan fingerprint density at radius 2 is 2.05 bits per heavy atom. The van der Waals surface area contributed by atoms with Gasteiger partial charge >= 0.3 is 12.0 Å². The molecule has 0 spiro atoms. The number of amides is 2. The first-order valence-electron chi connectivity index (χ1n) is 6.36. The van der Waals surface area contributed by atoms with Crippen molar-refractivity contribution in [3.63, 3.8) is 0 Å². The fourth-order valence-corrected chi connectivity index (χ4v) is 2.01. The lowest BCUT2D eigenvalue weighted by Gasteiger charge is -2.13. The highest BCUT2D eigenvalue weighted by Gasteiger charge is 2.19. The monoisotopic (exact) mass is 300 g/mol. The van der Waals surface area contributed by atoms with E-state index in [0.29, 0.717) is 18.7 Å². The lowest BCUT2D eigenvalue weighted by atomic mass is 10.1. The Morgan fingerprint density at radius 1 is 1.33 bits per heavy atom. The van der Waals surface area contributed by atoms with Crippen LogP contribution in [0.5, 0.6) is 0 Å². The summed E-state index contributed by atoms with van der Waals surface area (Å²) in [4.78, 5) is 22.6. The van der Waals surface area contributed by atoms with E-state index in [4.69, 9.17) is 9.84 Å². The first-order valence-corrected chi connectivity index (χ1v) is 6.36. The molecule has 114 valence electrons. The van der Waals surface area contributed by atoms with Crippen molar-refractivity contribution in [2.24, 2.45) is 0 Å². The number of anilines is 1. The number of hydrogen-bond acceptors (Lipinski definition) is 3. The van der Waals surface area contributed by atoms with Gasteiger partial charge < -0.3 is 20.5 Å². The van der Waals surface area contributed by atoms with Gasteiger partial charge in [-0.1, -0.05) is 0 Å². The largest absolute Gasteiger partial charge is 0.478 e. The topological polar surface area (TPSA) is 87.7 Å². The minimum Gasteiger partial charge on any atom is -0.478 e. The molecule has 21 heavy (non-hydrogen) atoms. The molecule has 3 N–H and O–H groups in total. The van der Waals surface area contributed by atoms with Gasteiger partial charge in [-0.25, -0.2) is 18.4 Å². The second-order valence-electron chi connectivity index (χ2n) is 4.59. The third kappa shape index (κ3) is 3.88. The third-order valence-corrected chi connectivity index (χ3v) is 3.05. The van der Waals surface area contributed by atoms with Crippen LogP contribution in [0.15, 0.2) is 12.1 Å². The molecule has 1 aromatic rings. The molecule has 1 atom stereocenters. The number of ether oxygens (including phenoxy) is 1. The number of carbonyl (C=O) groups excluding carboxylic acids is 1. The molecular weight excluding hydrogens is 286 g/mol. The highest BCUT2D eigenvalue weighted by molar-refractivity contribution is 6.00. The maximum Gasteiger partial charge on any atom is 0.337 e. The summed E-state index contributed by atoms with van der Waals surface area (Å²) in [5, 5.41) is 13.6. The normalized spacial score (nSPS) is 17.5. The van der Waals surface area contributed by atoms with Gasteiger partial charge in [0.1, 0.15) is 0 Å². The highest BCUT2D eigenvalue weighted by Crippen LogP contribution is 2.20. The van der Waals surface area contributed by atoms with Crippen LogP contribution in [0.3, 0.4) is 0 Å². The van der Waals surface area contributed by atoms with Crippen LogP contribution in [-0.2, 0) is 4.74 Å². The van der Waals surface area contributed by atoms with Crippen molar-refractivity contribution < 1.29 is 28.2 Å². The van der Waals surface area contributed by atoms with Gasteiger partial charge in [0.25, 0.3) is 0 Å². The van der Waals surface area contributed by atoms with Crippen LogP contribution in [0.25, 0.3) is 0 Å². The van der Waals surface area contributed by atoms with Crippen molar-refractivity contribution in [2.75, 3.05) is 18.5 Å². The summed E-state index contributed by atoms with van der Waals surface area (Å²) in [6, 6.07) is 0.441. The number of halogens is 2. The Hall–Kier alpha value is -2.22. The van der Waals surface area contributed by atoms with E-state index >= 15 is 0 Å². The average molecular weight is 300 g/mol. The number of nitrogens with one attached hydrogen (secondary N) is 2. The lowest BCUT2D eigenvalue weighted by molar-refractivity contribution is 0.0697. The predicted octanol–water partition coefficient (Wildman–Crippen LogP) is 1.96. The standard InChI is InChI=1S/C13H14F2N2O4/c14-9-4-8(12(18)19)11(5-10(9)15)17-13(20)16-6-7-2-1-3-21-7/h4-5,7H,1-3,6H2,(H,18,19)(H2,16,17,20). The molecule has 0 bridgehead atoms. The van der Waals surface area contributed by atoms with Crippen molar-refractivity contribution in [3.8, 4) is 0 Å². The molecule has 1 fully saturated rings. The second kappa shape index (κ2) is 6.49. The van der Waals surface area contributed by atoms with Crippen LogP contribution in [-0.4, -0.2) is 36.4 Å². The Labute approximate surface area is 119 Å². The summed E-state index contributed by atoms with van der Waals surface area (Å²) in [5.74, 6) is -4.00. The minimum atomic E-state index is -1.47. The predicted molar refractivity (Wildman–Crippen MR) is 69.3 cm³/mol. The summed E-state index contributed by atoms with van der Waals surface area (Å²) in [7, 11) is 0. The zero-order valence-corrected chi connectivity index (χ0v) is 11.0. The zero-order chi connectivity index (χ0) is 15.4. The quantitative estimate of drug-likeness (QED) is 0.793. The smallest absolute Gasteiger partial charge is 0.337 e. The van der Waals surface area contributed by atoms with Crippen molar-refractivity contribution in [1.29, 1.82) is 0 Å². The number of aromatic carboxylic acids is 1. The molecule has 1 unspecified atom stereocenters. The van der Waals surface area contributed by atoms with Crippen LogP contribution < -0.4 is 10.6 Å². The Balaban J connectivity index is 2.02. The van der Waals surface area contributed by atoms with Crippen LogP contribution in [0, 0.1) is 11.6 Å². The van der Waals surface area contributed by atoms with Crippen molar-refractivity contribution >= 4 is 17.7 Å². The molecular formula is C13H14F2N2O4. The number of carboxylic acids is 1. The molecule has 2 rings (SSSR count). The molecule has 1 saturated heterocycles. The van der Waals surface area contributed by atoms with E-state index in [-0.39, 0.29) is 18.3 Å². The van der Waals surface area contributed by atoms with Crippen molar-refractivity contribution in [1.82, 2.24) is 5.32 Å². The van der Waals surface area contributed by atoms with Gasteiger partial charge in [0.15, 0.2) is 11.6 Å². The van der Waals surface area contributed by atoms with Crippen molar-refractivity contribution in [2.45, 2.75) is 18.9 Å². The maximum absolute atomic E-state index is 13.1. The Bertz CT molecular complexity index is 559. The summed E-state index contributed by atoms with van der Waals surface area (Å²) < 4.78 is 31.5. The van der Waals surface area contributed by atoms with Gasteiger partial charge in [-0.15, -0.1) is 0 Å². The van der Waals surface area contributed by atoms with Gasteiger partial charge in [0.05, 0.1) is 17.4 Å². The molecule has 0 aromatic heterocycles. The number of benzene rings is 1. The molecule has 6 nitrogen and oxygen atoms in total. The van der Waals surface area contributed by atoms with E-state index in [1.807, 2.05) is 0 Å². The molecule has 1 aromatic carbocycles. The van der Waals surface area contributed by atoms with Gasteiger partial charge in [-0.2, -0.15) is 0 Å². The number of rotatable bonds is 4. The van der Waals surface area contributed by atoms with E-state index < -0.39 is 29.2 Å². The van der Waals surface area contributed by atoms with Crippen LogP contribution in [0.4, 0.5) is 19.3 Å². The van der Waals surface area contributed by atoms with Gasteiger partial charge in [0.2, 0.25) is 0 Å².